The highest BCUT2D eigenvalue weighted by Crippen LogP contribution is 2.34. The molecule has 1 aliphatic heterocycles. The van der Waals surface area contributed by atoms with Crippen LogP contribution >= 0.6 is 0 Å². The van der Waals surface area contributed by atoms with E-state index in [0.29, 0.717) is 12.2 Å². The predicted molar refractivity (Wildman–Crippen MR) is 46.8 cm³/mol. The van der Waals surface area contributed by atoms with Gasteiger partial charge in [0.1, 0.15) is 5.75 Å². The van der Waals surface area contributed by atoms with E-state index in [1.54, 1.807) is 13.0 Å². The highest BCUT2D eigenvalue weighted by Gasteiger charge is 2.41. The molecule has 0 amide bonds. The molecule has 0 fully saturated rings. The molecule has 1 heterocycles. The molecule has 0 saturated heterocycles. The van der Waals surface area contributed by atoms with Crippen LogP contribution in [0.4, 0.5) is 0 Å². The van der Waals surface area contributed by atoms with Gasteiger partial charge in [0.25, 0.3) is 0 Å². The van der Waals surface area contributed by atoms with Gasteiger partial charge in [-0.1, -0.05) is 18.2 Å². The maximum Gasteiger partial charge on any atom is 0.348 e. The van der Waals surface area contributed by atoms with Crippen molar-refractivity contribution in [2.45, 2.75) is 18.9 Å². The van der Waals surface area contributed by atoms with Gasteiger partial charge in [0.05, 0.1) is 0 Å². The molecular formula is C10H10O3. The first-order valence-corrected chi connectivity index (χ1v) is 4.12. The van der Waals surface area contributed by atoms with E-state index < -0.39 is 11.6 Å². The maximum atomic E-state index is 10.9. The highest BCUT2D eigenvalue weighted by molar-refractivity contribution is 5.79. The molecule has 0 aliphatic carbocycles. The number of carboxylic acids is 1. The molecule has 3 heteroatoms. The van der Waals surface area contributed by atoms with Crippen molar-refractivity contribution in [2.24, 2.45) is 0 Å². The van der Waals surface area contributed by atoms with Gasteiger partial charge in [-0.2, -0.15) is 0 Å². The molecule has 2 rings (SSSR count). The van der Waals surface area contributed by atoms with Crippen LogP contribution in [0.1, 0.15) is 12.5 Å². The fourth-order valence-corrected chi connectivity index (χ4v) is 1.51. The Balaban J connectivity index is 2.37. The smallest absolute Gasteiger partial charge is 0.348 e. The zero-order valence-electron chi connectivity index (χ0n) is 7.28. The van der Waals surface area contributed by atoms with Crippen LogP contribution in [0.5, 0.6) is 5.75 Å². The average molecular weight is 178 g/mol. The number of fused-ring (bicyclic) bond motifs is 1. The van der Waals surface area contributed by atoms with Crippen molar-refractivity contribution in [3.63, 3.8) is 0 Å². The van der Waals surface area contributed by atoms with E-state index in [1.165, 1.54) is 0 Å². The molecule has 68 valence electrons. The lowest BCUT2D eigenvalue weighted by atomic mass is 10.00. The monoisotopic (exact) mass is 178 g/mol. The molecule has 1 N–H and O–H groups in total. The van der Waals surface area contributed by atoms with Crippen LogP contribution in [-0.4, -0.2) is 16.7 Å². The van der Waals surface area contributed by atoms with Gasteiger partial charge in [0.15, 0.2) is 0 Å². The van der Waals surface area contributed by atoms with Gasteiger partial charge >= 0.3 is 5.97 Å². The summed E-state index contributed by atoms with van der Waals surface area (Å²) in [4.78, 5) is 10.9. The largest absolute Gasteiger partial charge is 0.478 e. The lowest BCUT2D eigenvalue weighted by Gasteiger charge is -2.17. The highest BCUT2D eigenvalue weighted by atomic mass is 16.5. The van der Waals surface area contributed by atoms with E-state index in [1.807, 2.05) is 18.2 Å². The van der Waals surface area contributed by atoms with Gasteiger partial charge < -0.3 is 9.84 Å². The van der Waals surface area contributed by atoms with Gasteiger partial charge in [-0.05, 0) is 18.6 Å². The Morgan fingerprint density at radius 3 is 2.85 bits per heavy atom. The van der Waals surface area contributed by atoms with Crippen molar-refractivity contribution in [3.8, 4) is 5.75 Å². The summed E-state index contributed by atoms with van der Waals surface area (Å²) in [5.74, 6) is -0.226. The molecule has 1 atom stereocenters. The predicted octanol–water partition coefficient (Wildman–Crippen LogP) is 1.46. The van der Waals surface area contributed by atoms with E-state index >= 15 is 0 Å². The molecule has 0 saturated carbocycles. The second-order valence-corrected chi connectivity index (χ2v) is 3.42. The topological polar surface area (TPSA) is 46.5 Å². The minimum Gasteiger partial charge on any atom is -0.478 e. The molecule has 13 heavy (non-hydrogen) atoms. The minimum absolute atomic E-state index is 0.443. The van der Waals surface area contributed by atoms with Crippen LogP contribution in [0, 0.1) is 0 Å². The number of carbonyl (C=O) groups is 1. The summed E-state index contributed by atoms with van der Waals surface area (Å²) < 4.78 is 5.36. The zero-order valence-corrected chi connectivity index (χ0v) is 7.28. The Bertz CT molecular complexity index is 332. The molecular weight excluding hydrogens is 168 g/mol. The van der Waals surface area contributed by atoms with E-state index in [4.69, 9.17) is 9.84 Å². The molecule has 1 unspecified atom stereocenters. The van der Waals surface area contributed by atoms with E-state index in [-0.39, 0.29) is 0 Å². The standard InChI is InChI=1S/C10H10O3/c1-10(9(11)12)6-7-4-2-3-5-8(7)13-10/h2-5H,6H2,1H3,(H,11,12). The lowest BCUT2D eigenvalue weighted by molar-refractivity contribution is -0.152. The number of hydrogen-bond donors (Lipinski definition) is 1. The maximum absolute atomic E-state index is 10.9. The van der Waals surface area contributed by atoms with Gasteiger partial charge in [0.2, 0.25) is 5.60 Å². The quantitative estimate of drug-likeness (QED) is 0.708. The summed E-state index contributed by atoms with van der Waals surface area (Å²) in [5.41, 5.74) is -0.114. The van der Waals surface area contributed by atoms with Gasteiger partial charge in [-0.25, -0.2) is 4.79 Å². The van der Waals surface area contributed by atoms with Crippen LogP contribution < -0.4 is 4.74 Å². The third-order valence-electron chi connectivity index (χ3n) is 2.29. The Kier molecular flexibility index (Phi) is 1.55. The summed E-state index contributed by atoms with van der Waals surface area (Å²) in [6.07, 6.45) is 0.443. The van der Waals surface area contributed by atoms with Crippen LogP contribution in [0.3, 0.4) is 0 Å². The first-order chi connectivity index (χ1) is 6.12. The van der Waals surface area contributed by atoms with Gasteiger partial charge in [-0.3, -0.25) is 0 Å². The van der Waals surface area contributed by atoms with E-state index in [0.717, 1.165) is 5.56 Å². The number of hydrogen-bond acceptors (Lipinski definition) is 2. The fourth-order valence-electron chi connectivity index (χ4n) is 1.51. The summed E-state index contributed by atoms with van der Waals surface area (Å²) >= 11 is 0. The van der Waals surface area contributed by atoms with Crippen LogP contribution in [0.2, 0.25) is 0 Å². The Labute approximate surface area is 76.0 Å². The number of aliphatic carboxylic acids is 1. The minimum atomic E-state index is -1.08. The third-order valence-corrected chi connectivity index (χ3v) is 2.29. The number of rotatable bonds is 1. The van der Waals surface area contributed by atoms with Gasteiger partial charge in [0, 0.05) is 6.42 Å². The first-order valence-electron chi connectivity index (χ1n) is 4.12. The molecule has 0 bridgehead atoms. The SMILES string of the molecule is CC1(C(=O)O)Cc2ccccc2O1. The first kappa shape index (κ1) is 8.10. The number of ether oxygens (including phenoxy) is 1. The normalized spacial score (nSPS) is 25.0. The van der Waals surface area contributed by atoms with Crippen LogP contribution in [0.15, 0.2) is 24.3 Å². The molecule has 3 nitrogen and oxygen atoms in total. The molecule has 0 aromatic heterocycles. The van der Waals surface area contributed by atoms with Crippen molar-refractivity contribution in [3.05, 3.63) is 29.8 Å². The molecule has 1 aliphatic rings. The number of benzene rings is 1. The second kappa shape index (κ2) is 2.49. The Morgan fingerprint density at radius 1 is 1.54 bits per heavy atom. The summed E-state index contributed by atoms with van der Waals surface area (Å²) in [5, 5.41) is 8.92. The van der Waals surface area contributed by atoms with Crippen molar-refractivity contribution in [1.82, 2.24) is 0 Å². The number of para-hydroxylation sites is 1. The molecule has 1 aromatic carbocycles. The van der Waals surface area contributed by atoms with Crippen molar-refractivity contribution in [2.75, 3.05) is 0 Å². The van der Waals surface area contributed by atoms with Crippen LogP contribution in [0.25, 0.3) is 0 Å². The average Bonchev–Trinajstić information content (AvgIpc) is 2.42. The lowest BCUT2D eigenvalue weighted by Crippen LogP contribution is -2.39. The van der Waals surface area contributed by atoms with Crippen molar-refractivity contribution in [1.29, 1.82) is 0 Å². The zero-order chi connectivity index (χ0) is 9.47. The summed E-state index contributed by atoms with van der Waals surface area (Å²) in [7, 11) is 0. The second-order valence-electron chi connectivity index (χ2n) is 3.42. The summed E-state index contributed by atoms with van der Waals surface area (Å²) in [6, 6.07) is 7.41. The van der Waals surface area contributed by atoms with E-state index in [2.05, 4.69) is 0 Å². The Hall–Kier alpha value is -1.51. The van der Waals surface area contributed by atoms with Crippen LogP contribution in [-0.2, 0) is 11.2 Å². The fraction of sp³-hybridized carbons (Fsp3) is 0.300. The van der Waals surface area contributed by atoms with Crippen molar-refractivity contribution >= 4 is 5.97 Å². The molecule has 0 radical (unpaired) electrons. The van der Waals surface area contributed by atoms with Crippen molar-refractivity contribution < 1.29 is 14.6 Å². The van der Waals surface area contributed by atoms with Gasteiger partial charge in [-0.15, -0.1) is 0 Å². The molecule has 0 spiro atoms. The Morgan fingerprint density at radius 2 is 2.23 bits per heavy atom. The molecule has 1 aromatic rings. The third kappa shape index (κ3) is 1.16. The number of carboxylic acid groups (broad SMARTS) is 1. The summed E-state index contributed by atoms with van der Waals surface area (Å²) in [6.45, 7) is 1.59. The van der Waals surface area contributed by atoms with E-state index in [9.17, 15) is 4.79 Å².